The smallest absolute Gasteiger partial charge is 0.0159 e. The van der Waals surface area contributed by atoms with Crippen LogP contribution in [0.25, 0.3) is 0 Å². The second-order valence-electron chi connectivity index (χ2n) is 6.57. The third-order valence-electron chi connectivity index (χ3n) is 4.73. The van der Waals surface area contributed by atoms with E-state index in [-0.39, 0.29) is 0 Å². The molecule has 25 heavy (non-hydrogen) atoms. The molecule has 0 aromatic heterocycles. The highest BCUT2D eigenvalue weighted by atomic mass is 31.1. The molecule has 128 valence electrons. The highest BCUT2D eigenvalue weighted by Crippen LogP contribution is 2.28. The molecular weight excluding hydrogens is 319 g/mol. The SMILES string of the molecule is c1ccc(CC[C@H](CCCPc2ccccc2)c2ccccc2)cc1. The van der Waals surface area contributed by atoms with Crippen LogP contribution in [0.3, 0.4) is 0 Å². The van der Waals surface area contributed by atoms with Crippen molar-refractivity contribution in [2.45, 2.75) is 31.6 Å². The first-order valence-corrected chi connectivity index (χ1v) is 10.5. The number of hydrogen-bond acceptors (Lipinski definition) is 0. The quantitative estimate of drug-likeness (QED) is 0.320. The van der Waals surface area contributed by atoms with Gasteiger partial charge in [-0.1, -0.05) is 99.6 Å². The topological polar surface area (TPSA) is 0 Å². The summed E-state index contributed by atoms with van der Waals surface area (Å²) < 4.78 is 0. The van der Waals surface area contributed by atoms with E-state index in [4.69, 9.17) is 0 Å². The molecule has 0 saturated carbocycles. The van der Waals surface area contributed by atoms with Crippen LogP contribution in [-0.2, 0) is 6.42 Å². The van der Waals surface area contributed by atoms with Crippen molar-refractivity contribution < 1.29 is 0 Å². The molecule has 0 N–H and O–H groups in total. The van der Waals surface area contributed by atoms with E-state index in [2.05, 4.69) is 91.0 Å². The fourth-order valence-corrected chi connectivity index (χ4v) is 4.42. The van der Waals surface area contributed by atoms with Gasteiger partial charge in [-0.25, -0.2) is 0 Å². The molecule has 3 aromatic rings. The van der Waals surface area contributed by atoms with Crippen LogP contribution in [0.5, 0.6) is 0 Å². The van der Waals surface area contributed by atoms with Gasteiger partial charge in [0.1, 0.15) is 0 Å². The van der Waals surface area contributed by atoms with Crippen molar-refractivity contribution >= 4 is 13.9 Å². The molecule has 0 saturated heterocycles. The zero-order valence-corrected chi connectivity index (χ0v) is 15.8. The van der Waals surface area contributed by atoms with Gasteiger partial charge in [0.25, 0.3) is 0 Å². The minimum atomic E-state index is 0.668. The van der Waals surface area contributed by atoms with E-state index in [1.165, 1.54) is 48.3 Å². The van der Waals surface area contributed by atoms with Gasteiger partial charge >= 0.3 is 0 Å². The summed E-state index contributed by atoms with van der Waals surface area (Å²) in [4.78, 5) is 0. The molecule has 3 aromatic carbocycles. The first-order valence-electron chi connectivity index (χ1n) is 9.29. The van der Waals surface area contributed by atoms with Crippen molar-refractivity contribution in [2.75, 3.05) is 6.16 Å². The van der Waals surface area contributed by atoms with E-state index < -0.39 is 0 Å². The Balaban J connectivity index is 1.53. The van der Waals surface area contributed by atoms with E-state index in [1.54, 1.807) is 0 Å². The summed E-state index contributed by atoms with van der Waals surface area (Å²) in [5.41, 5.74) is 2.95. The highest BCUT2D eigenvalue weighted by Gasteiger charge is 2.11. The van der Waals surface area contributed by atoms with E-state index in [0.717, 1.165) is 8.58 Å². The average Bonchev–Trinajstić information content (AvgIpc) is 2.70. The van der Waals surface area contributed by atoms with Crippen molar-refractivity contribution in [1.82, 2.24) is 0 Å². The van der Waals surface area contributed by atoms with Crippen molar-refractivity contribution in [3.05, 3.63) is 102 Å². The molecule has 0 nitrogen and oxygen atoms in total. The summed E-state index contributed by atoms with van der Waals surface area (Å²) >= 11 is 0. The van der Waals surface area contributed by atoms with Gasteiger partial charge in [0.2, 0.25) is 0 Å². The minimum absolute atomic E-state index is 0.668. The zero-order valence-electron chi connectivity index (χ0n) is 14.8. The fraction of sp³-hybridized carbons (Fsp3) is 0.250. The Labute approximate surface area is 154 Å². The maximum Gasteiger partial charge on any atom is -0.0159 e. The van der Waals surface area contributed by atoms with Crippen LogP contribution in [0.15, 0.2) is 91.0 Å². The normalized spacial score (nSPS) is 12.5. The van der Waals surface area contributed by atoms with E-state index in [1.807, 2.05) is 0 Å². The summed E-state index contributed by atoms with van der Waals surface area (Å²) in [6.45, 7) is 0. The maximum absolute atomic E-state index is 2.30. The fourth-order valence-electron chi connectivity index (χ4n) is 3.33. The molecule has 2 atom stereocenters. The van der Waals surface area contributed by atoms with Crippen molar-refractivity contribution in [2.24, 2.45) is 0 Å². The maximum atomic E-state index is 2.30. The largest absolute Gasteiger partial charge is 0.0904 e. The van der Waals surface area contributed by atoms with Gasteiger partial charge < -0.3 is 0 Å². The summed E-state index contributed by atoms with van der Waals surface area (Å²) in [6.07, 6.45) is 6.31. The Morgan fingerprint density at radius 2 is 1.24 bits per heavy atom. The van der Waals surface area contributed by atoms with Crippen LogP contribution in [-0.4, -0.2) is 6.16 Å². The van der Waals surface area contributed by atoms with E-state index in [9.17, 15) is 0 Å². The van der Waals surface area contributed by atoms with Gasteiger partial charge in [0, 0.05) is 0 Å². The molecular formula is C24H27P. The van der Waals surface area contributed by atoms with Crippen LogP contribution in [0, 0.1) is 0 Å². The second kappa shape index (κ2) is 10.2. The summed E-state index contributed by atoms with van der Waals surface area (Å²) in [7, 11) is 0.937. The monoisotopic (exact) mass is 346 g/mol. The summed E-state index contributed by atoms with van der Waals surface area (Å²) in [6, 6.07) is 32.9. The van der Waals surface area contributed by atoms with Crippen LogP contribution in [0.1, 0.15) is 36.3 Å². The predicted molar refractivity (Wildman–Crippen MR) is 112 cm³/mol. The molecule has 0 spiro atoms. The van der Waals surface area contributed by atoms with Gasteiger partial charge in [0.15, 0.2) is 0 Å². The summed E-state index contributed by atoms with van der Waals surface area (Å²) in [5.74, 6) is 0.668. The average molecular weight is 346 g/mol. The predicted octanol–water partition coefficient (Wildman–Crippen LogP) is 6.19. The van der Waals surface area contributed by atoms with Crippen LogP contribution < -0.4 is 5.30 Å². The molecule has 0 aliphatic heterocycles. The second-order valence-corrected chi connectivity index (χ2v) is 8.00. The lowest BCUT2D eigenvalue weighted by Gasteiger charge is -2.17. The number of aryl methyl sites for hydroxylation is 1. The number of rotatable bonds is 9. The van der Waals surface area contributed by atoms with Crippen molar-refractivity contribution in [3.8, 4) is 0 Å². The Morgan fingerprint density at radius 3 is 1.92 bits per heavy atom. The summed E-state index contributed by atoms with van der Waals surface area (Å²) in [5, 5.41) is 1.49. The van der Waals surface area contributed by atoms with Crippen molar-refractivity contribution in [1.29, 1.82) is 0 Å². The molecule has 3 rings (SSSR count). The third-order valence-corrected chi connectivity index (χ3v) is 6.07. The molecule has 0 heterocycles. The van der Waals surface area contributed by atoms with Crippen molar-refractivity contribution in [3.63, 3.8) is 0 Å². The Morgan fingerprint density at radius 1 is 0.640 bits per heavy atom. The Kier molecular flexibility index (Phi) is 7.28. The molecule has 0 radical (unpaired) electrons. The lowest BCUT2D eigenvalue weighted by atomic mass is 9.89. The molecule has 0 fully saturated rings. The van der Waals surface area contributed by atoms with Crippen LogP contribution >= 0.6 is 8.58 Å². The van der Waals surface area contributed by atoms with Gasteiger partial charge in [0.05, 0.1) is 0 Å². The Hall–Kier alpha value is -1.91. The van der Waals surface area contributed by atoms with E-state index in [0.29, 0.717) is 5.92 Å². The number of benzene rings is 3. The molecule has 0 amide bonds. The van der Waals surface area contributed by atoms with Gasteiger partial charge in [-0.3, -0.25) is 0 Å². The third kappa shape index (κ3) is 6.15. The van der Waals surface area contributed by atoms with Crippen LogP contribution in [0.4, 0.5) is 0 Å². The van der Waals surface area contributed by atoms with E-state index >= 15 is 0 Å². The molecule has 0 aliphatic rings. The molecule has 0 bridgehead atoms. The van der Waals surface area contributed by atoms with Gasteiger partial charge in [-0.05, 0) is 54.2 Å². The lowest BCUT2D eigenvalue weighted by Crippen LogP contribution is -2.03. The number of hydrogen-bond donors (Lipinski definition) is 0. The zero-order chi connectivity index (χ0) is 17.2. The first-order chi connectivity index (χ1) is 12.4. The minimum Gasteiger partial charge on any atom is -0.0904 e. The molecule has 1 heteroatoms. The van der Waals surface area contributed by atoms with Gasteiger partial charge in [-0.15, -0.1) is 0 Å². The molecule has 1 unspecified atom stereocenters. The standard InChI is InChI=1S/C24H27P/c1-4-11-21(12-5-1)18-19-23(22-13-6-2-7-14-22)15-10-20-25-24-16-8-3-9-17-24/h1-9,11-14,16-17,23,25H,10,15,18-20H2/t23-/m0/s1. The Bertz CT molecular complexity index is 707. The van der Waals surface area contributed by atoms with Gasteiger partial charge in [-0.2, -0.15) is 0 Å². The van der Waals surface area contributed by atoms with Crippen LogP contribution in [0.2, 0.25) is 0 Å². The lowest BCUT2D eigenvalue weighted by molar-refractivity contribution is 0.571. The molecule has 0 aliphatic carbocycles. The first kappa shape index (κ1) is 17.9. The highest BCUT2D eigenvalue weighted by molar-refractivity contribution is 7.47.